The Bertz CT molecular complexity index is 525. The predicted molar refractivity (Wildman–Crippen MR) is 58.6 cm³/mol. The Morgan fingerprint density at radius 1 is 1.21 bits per heavy atom. The maximum Gasteiger partial charge on any atom is 0.250 e. The second kappa shape index (κ2) is 3.29. The second-order valence-electron chi connectivity index (χ2n) is 3.44. The average molecular weight is 187 g/mol. The molecule has 0 bridgehead atoms. The summed E-state index contributed by atoms with van der Waals surface area (Å²) in [4.78, 5) is 11.5. The second-order valence-corrected chi connectivity index (χ2v) is 3.44. The van der Waals surface area contributed by atoms with E-state index in [-0.39, 0.29) is 5.56 Å². The van der Waals surface area contributed by atoms with Crippen LogP contribution >= 0.6 is 0 Å². The van der Waals surface area contributed by atoms with E-state index in [2.05, 4.69) is 13.0 Å². The van der Waals surface area contributed by atoms with Crippen molar-refractivity contribution < 1.29 is 0 Å². The van der Waals surface area contributed by atoms with E-state index in [4.69, 9.17) is 0 Å². The lowest BCUT2D eigenvalue weighted by Gasteiger charge is -2.08. The molecule has 1 aromatic carbocycles. The Hall–Kier alpha value is -1.57. The third-order valence-electron chi connectivity index (χ3n) is 2.60. The highest BCUT2D eigenvalue weighted by atomic mass is 16.1. The largest absolute Gasteiger partial charge is 0.311 e. The van der Waals surface area contributed by atoms with Gasteiger partial charge in [-0.1, -0.05) is 25.1 Å². The quantitative estimate of drug-likeness (QED) is 0.670. The van der Waals surface area contributed by atoms with Gasteiger partial charge in [0.2, 0.25) is 0 Å². The first kappa shape index (κ1) is 9.00. The van der Waals surface area contributed by atoms with Crippen LogP contribution in [0.15, 0.2) is 35.1 Å². The van der Waals surface area contributed by atoms with Gasteiger partial charge in [-0.15, -0.1) is 0 Å². The normalized spacial score (nSPS) is 10.7. The fourth-order valence-electron chi connectivity index (χ4n) is 1.82. The molecule has 1 aromatic heterocycles. The number of rotatable bonds is 1. The van der Waals surface area contributed by atoms with Crippen LogP contribution < -0.4 is 5.56 Å². The van der Waals surface area contributed by atoms with Gasteiger partial charge in [-0.3, -0.25) is 4.79 Å². The number of hydrogen-bond acceptors (Lipinski definition) is 1. The van der Waals surface area contributed by atoms with E-state index in [0.717, 1.165) is 17.3 Å². The molecule has 72 valence electrons. The molecule has 0 spiro atoms. The highest BCUT2D eigenvalue weighted by Gasteiger charge is 2.02. The molecular formula is C12H13NO. The minimum absolute atomic E-state index is 0.0541. The predicted octanol–water partition coefficient (Wildman–Crippen LogP) is 2.10. The molecular weight excluding hydrogens is 174 g/mol. The van der Waals surface area contributed by atoms with Crippen LogP contribution in [0.25, 0.3) is 10.9 Å². The van der Waals surface area contributed by atoms with Crippen molar-refractivity contribution in [1.29, 1.82) is 0 Å². The molecule has 1 heterocycles. The number of fused-ring (bicyclic) bond motifs is 1. The van der Waals surface area contributed by atoms with Crippen LogP contribution in [0.2, 0.25) is 0 Å². The molecule has 2 heteroatoms. The van der Waals surface area contributed by atoms with Crippen molar-refractivity contribution in [3.63, 3.8) is 0 Å². The Morgan fingerprint density at radius 3 is 2.71 bits per heavy atom. The smallest absolute Gasteiger partial charge is 0.250 e. The van der Waals surface area contributed by atoms with Crippen LogP contribution in [0.3, 0.4) is 0 Å². The number of nitrogens with zero attached hydrogens (tertiary/aromatic N) is 1. The molecule has 2 nitrogen and oxygen atoms in total. The Labute approximate surface area is 82.8 Å². The van der Waals surface area contributed by atoms with Crippen molar-refractivity contribution >= 4 is 10.9 Å². The minimum atomic E-state index is 0.0541. The summed E-state index contributed by atoms with van der Waals surface area (Å²) in [5.74, 6) is 0. The topological polar surface area (TPSA) is 22.0 Å². The van der Waals surface area contributed by atoms with Gasteiger partial charge in [-0.05, 0) is 23.4 Å². The van der Waals surface area contributed by atoms with E-state index in [1.807, 2.05) is 25.2 Å². The van der Waals surface area contributed by atoms with E-state index in [1.54, 1.807) is 10.6 Å². The molecule has 14 heavy (non-hydrogen) atoms. The van der Waals surface area contributed by atoms with Gasteiger partial charge in [0.1, 0.15) is 0 Å². The lowest BCUT2D eigenvalue weighted by Crippen LogP contribution is -2.16. The third-order valence-corrected chi connectivity index (χ3v) is 2.60. The van der Waals surface area contributed by atoms with Gasteiger partial charge in [-0.2, -0.15) is 0 Å². The lowest BCUT2D eigenvalue weighted by atomic mass is 10.1. The van der Waals surface area contributed by atoms with Crippen molar-refractivity contribution in [2.24, 2.45) is 7.05 Å². The summed E-state index contributed by atoms with van der Waals surface area (Å²) >= 11 is 0. The number of pyridine rings is 1. The van der Waals surface area contributed by atoms with Crippen molar-refractivity contribution in [3.05, 3.63) is 46.2 Å². The summed E-state index contributed by atoms with van der Waals surface area (Å²) in [6.45, 7) is 2.10. The van der Waals surface area contributed by atoms with Gasteiger partial charge < -0.3 is 4.57 Å². The Kier molecular flexibility index (Phi) is 2.12. The fourth-order valence-corrected chi connectivity index (χ4v) is 1.82. The standard InChI is InChI=1S/C12H13NO/c1-3-9-5-4-6-10-7-8-11(14)13(2)12(9)10/h4-8H,3H2,1-2H3. The van der Waals surface area contributed by atoms with Gasteiger partial charge in [0.25, 0.3) is 5.56 Å². The van der Waals surface area contributed by atoms with Crippen LogP contribution in [0, 0.1) is 0 Å². The van der Waals surface area contributed by atoms with Crippen molar-refractivity contribution in [1.82, 2.24) is 4.57 Å². The maximum absolute atomic E-state index is 11.5. The molecule has 0 aliphatic carbocycles. The number of aryl methyl sites for hydroxylation is 2. The Morgan fingerprint density at radius 2 is 2.00 bits per heavy atom. The highest BCUT2D eigenvalue weighted by Crippen LogP contribution is 2.16. The summed E-state index contributed by atoms with van der Waals surface area (Å²) in [6, 6.07) is 9.64. The van der Waals surface area contributed by atoms with E-state index >= 15 is 0 Å². The maximum atomic E-state index is 11.5. The molecule has 0 aliphatic heterocycles. The Balaban J connectivity index is 2.97. The highest BCUT2D eigenvalue weighted by molar-refractivity contribution is 5.82. The summed E-state index contributed by atoms with van der Waals surface area (Å²) < 4.78 is 1.72. The van der Waals surface area contributed by atoms with Crippen molar-refractivity contribution in [2.75, 3.05) is 0 Å². The first-order chi connectivity index (χ1) is 6.74. The monoisotopic (exact) mass is 187 g/mol. The lowest BCUT2D eigenvalue weighted by molar-refractivity contribution is 0.896. The summed E-state index contributed by atoms with van der Waals surface area (Å²) in [5.41, 5.74) is 2.34. The zero-order valence-electron chi connectivity index (χ0n) is 8.45. The fraction of sp³-hybridized carbons (Fsp3) is 0.250. The third kappa shape index (κ3) is 1.23. The zero-order chi connectivity index (χ0) is 10.1. The van der Waals surface area contributed by atoms with Crippen LogP contribution in [-0.2, 0) is 13.5 Å². The zero-order valence-corrected chi connectivity index (χ0v) is 8.45. The van der Waals surface area contributed by atoms with Crippen LogP contribution in [0.1, 0.15) is 12.5 Å². The number of para-hydroxylation sites is 1. The van der Waals surface area contributed by atoms with Gasteiger partial charge in [0.05, 0.1) is 5.52 Å². The van der Waals surface area contributed by atoms with Crippen molar-refractivity contribution in [3.8, 4) is 0 Å². The van der Waals surface area contributed by atoms with E-state index in [1.165, 1.54) is 5.56 Å². The summed E-state index contributed by atoms with van der Waals surface area (Å²) in [5, 5.41) is 1.13. The SMILES string of the molecule is CCc1cccc2ccc(=O)n(C)c12. The summed E-state index contributed by atoms with van der Waals surface area (Å²) in [7, 11) is 1.82. The number of hydrogen-bond donors (Lipinski definition) is 0. The van der Waals surface area contributed by atoms with Gasteiger partial charge in [-0.25, -0.2) is 0 Å². The minimum Gasteiger partial charge on any atom is -0.311 e. The first-order valence-electron chi connectivity index (χ1n) is 4.81. The molecule has 2 aromatic rings. The molecule has 0 N–H and O–H groups in total. The number of aromatic nitrogens is 1. The van der Waals surface area contributed by atoms with E-state index in [0.29, 0.717) is 0 Å². The van der Waals surface area contributed by atoms with E-state index < -0.39 is 0 Å². The summed E-state index contributed by atoms with van der Waals surface area (Å²) in [6.07, 6.45) is 0.953. The molecule has 0 unspecified atom stereocenters. The van der Waals surface area contributed by atoms with Crippen LogP contribution in [-0.4, -0.2) is 4.57 Å². The molecule has 0 fully saturated rings. The molecule has 2 rings (SSSR count). The van der Waals surface area contributed by atoms with Gasteiger partial charge in [0, 0.05) is 13.1 Å². The molecule has 0 radical (unpaired) electrons. The molecule has 0 amide bonds. The average Bonchev–Trinajstić information content (AvgIpc) is 2.23. The molecule has 0 saturated heterocycles. The van der Waals surface area contributed by atoms with E-state index in [9.17, 15) is 4.79 Å². The van der Waals surface area contributed by atoms with Gasteiger partial charge >= 0.3 is 0 Å². The number of benzene rings is 1. The molecule has 0 saturated carbocycles. The van der Waals surface area contributed by atoms with Crippen LogP contribution in [0.4, 0.5) is 0 Å². The first-order valence-corrected chi connectivity index (χ1v) is 4.81. The molecule has 0 aliphatic rings. The van der Waals surface area contributed by atoms with Gasteiger partial charge in [0.15, 0.2) is 0 Å². The molecule has 0 atom stereocenters. The van der Waals surface area contributed by atoms with Crippen LogP contribution in [0.5, 0.6) is 0 Å². The van der Waals surface area contributed by atoms with Crippen molar-refractivity contribution in [2.45, 2.75) is 13.3 Å².